The number of fused-ring (bicyclic) bond motifs is 1. The number of alkyl halides is 3. The Kier molecular flexibility index (Phi) is 4.92. The van der Waals surface area contributed by atoms with Crippen LogP contribution < -0.4 is 5.32 Å². The molecule has 2 aromatic heterocycles. The largest absolute Gasteiger partial charge is 0.368 e. The third kappa shape index (κ3) is 3.66. The van der Waals surface area contributed by atoms with Crippen molar-refractivity contribution in [1.82, 2.24) is 20.2 Å². The molecular formula is C19H20F3N5O. The Bertz CT molecular complexity index is 946. The lowest BCUT2D eigenvalue weighted by molar-refractivity contribution is -0.114. The van der Waals surface area contributed by atoms with Crippen LogP contribution in [0.3, 0.4) is 0 Å². The summed E-state index contributed by atoms with van der Waals surface area (Å²) in [5.41, 5.74) is 1.30. The van der Waals surface area contributed by atoms with Gasteiger partial charge in [-0.1, -0.05) is 29.8 Å². The van der Waals surface area contributed by atoms with E-state index in [0.29, 0.717) is 29.7 Å². The molecule has 0 aliphatic heterocycles. The van der Waals surface area contributed by atoms with Crippen molar-refractivity contribution in [3.05, 3.63) is 47.9 Å². The van der Waals surface area contributed by atoms with Gasteiger partial charge in [0.2, 0.25) is 0 Å². The first-order valence-electron chi connectivity index (χ1n) is 9.05. The minimum absolute atomic E-state index is 0.135. The first-order chi connectivity index (χ1) is 13.4. The number of hydrogen-bond donors (Lipinski definition) is 2. The molecule has 0 radical (unpaired) electrons. The molecule has 148 valence electrons. The Morgan fingerprint density at radius 1 is 1.21 bits per heavy atom. The van der Waals surface area contributed by atoms with Crippen LogP contribution in [0.1, 0.15) is 24.0 Å². The summed E-state index contributed by atoms with van der Waals surface area (Å²) in [4.78, 5) is 8.15. The summed E-state index contributed by atoms with van der Waals surface area (Å²) in [7, 11) is 0. The summed E-state index contributed by atoms with van der Waals surface area (Å²) in [5.74, 6) is -2.72. The van der Waals surface area contributed by atoms with Crippen molar-refractivity contribution in [2.24, 2.45) is 0 Å². The standard InChI is InChI=1S/C19H20F3N5O/c1-11-2-4-12(5-3-11)19(21,22)9-28-15-7-6-14(16(15)20)26-17-13-8-25-27-18(13)24-10-23-17/h2-5,8,10,14-16H,6-7,9H2,1H3,(H2,23,24,25,26,27)/t14?,15-,16+/m0/s1. The van der Waals surface area contributed by atoms with Crippen LogP contribution in [0.4, 0.5) is 19.0 Å². The van der Waals surface area contributed by atoms with Crippen LogP contribution in [0.2, 0.25) is 0 Å². The highest BCUT2D eigenvalue weighted by molar-refractivity contribution is 5.85. The van der Waals surface area contributed by atoms with Crippen LogP contribution in [0.15, 0.2) is 36.8 Å². The van der Waals surface area contributed by atoms with E-state index in [1.54, 1.807) is 18.3 Å². The van der Waals surface area contributed by atoms with Crippen LogP contribution in [0.25, 0.3) is 11.0 Å². The van der Waals surface area contributed by atoms with Gasteiger partial charge in [-0.25, -0.2) is 14.4 Å². The smallest absolute Gasteiger partial charge is 0.296 e. The maximum absolute atomic E-state index is 14.8. The second-order valence-electron chi connectivity index (χ2n) is 7.05. The van der Waals surface area contributed by atoms with E-state index in [4.69, 9.17) is 4.74 Å². The van der Waals surface area contributed by atoms with Gasteiger partial charge in [-0.3, -0.25) is 5.10 Å². The van der Waals surface area contributed by atoms with Crippen molar-refractivity contribution < 1.29 is 17.9 Å². The van der Waals surface area contributed by atoms with Crippen molar-refractivity contribution in [3.63, 3.8) is 0 Å². The summed E-state index contributed by atoms with van der Waals surface area (Å²) < 4.78 is 48.8. The molecular weight excluding hydrogens is 371 g/mol. The van der Waals surface area contributed by atoms with E-state index in [1.165, 1.54) is 18.5 Å². The zero-order valence-corrected chi connectivity index (χ0v) is 15.2. The van der Waals surface area contributed by atoms with Gasteiger partial charge < -0.3 is 10.1 Å². The molecule has 1 saturated carbocycles. The van der Waals surface area contributed by atoms with E-state index in [-0.39, 0.29) is 5.56 Å². The number of aromatic amines is 1. The fraction of sp³-hybridized carbons (Fsp3) is 0.421. The first-order valence-corrected chi connectivity index (χ1v) is 9.05. The van der Waals surface area contributed by atoms with Gasteiger partial charge in [0.05, 0.1) is 23.7 Å². The summed E-state index contributed by atoms with van der Waals surface area (Å²) in [6.45, 7) is 0.972. The number of benzene rings is 1. The molecule has 2 heterocycles. The maximum Gasteiger partial charge on any atom is 0.296 e. The number of nitrogens with one attached hydrogen (secondary N) is 2. The Morgan fingerprint density at radius 2 is 2.00 bits per heavy atom. The highest BCUT2D eigenvalue weighted by Gasteiger charge is 2.40. The van der Waals surface area contributed by atoms with Crippen LogP contribution >= 0.6 is 0 Å². The number of halogens is 3. The molecule has 0 bridgehead atoms. The minimum Gasteiger partial charge on any atom is -0.368 e. The fourth-order valence-electron chi connectivity index (χ4n) is 3.40. The number of H-pyrrole nitrogens is 1. The lowest BCUT2D eigenvalue weighted by Gasteiger charge is -2.23. The summed E-state index contributed by atoms with van der Waals surface area (Å²) in [5, 5.41) is 10.3. The van der Waals surface area contributed by atoms with Crippen molar-refractivity contribution in [3.8, 4) is 0 Å². The SMILES string of the molecule is Cc1ccc(C(F)(F)CO[C@H]2CCC(Nc3ncnc4[nH]ncc34)[C@H]2F)cc1. The predicted molar refractivity (Wildman–Crippen MR) is 98.0 cm³/mol. The van der Waals surface area contributed by atoms with Crippen molar-refractivity contribution in [2.75, 3.05) is 11.9 Å². The van der Waals surface area contributed by atoms with Gasteiger partial charge in [0, 0.05) is 5.56 Å². The molecule has 0 saturated heterocycles. The maximum atomic E-state index is 14.8. The average Bonchev–Trinajstić information content (AvgIpc) is 3.29. The number of ether oxygens (including phenoxy) is 1. The second kappa shape index (κ2) is 7.38. The molecule has 4 rings (SSSR count). The van der Waals surface area contributed by atoms with Crippen LogP contribution in [0.5, 0.6) is 0 Å². The number of nitrogens with zero attached hydrogens (tertiary/aromatic N) is 3. The van der Waals surface area contributed by atoms with Crippen molar-refractivity contribution in [2.45, 2.75) is 44.0 Å². The van der Waals surface area contributed by atoms with Gasteiger partial charge in [0.1, 0.15) is 24.9 Å². The van der Waals surface area contributed by atoms with E-state index in [0.717, 1.165) is 5.56 Å². The van der Waals surface area contributed by atoms with Crippen LogP contribution in [-0.4, -0.2) is 45.1 Å². The normalized spacial score (nSPS) is 22.6. The average molecular weight is 391 g/mol. The fourth-order valence-corrected chi connectivity index (χ4v) is 3.40. The highest BCUT2D eigenvalue weighted by Crippen LogP contribution is 2.33. The van der Waals surface area contributed by atoms with Crippen LogP contribution in [0, 0.1) is 6.92 Å². The summed E-state index contributed by atoms with van der Waals surface area (Å²) in [6, 6.07) is 5.40. The quantitative estimate of drug-likeness (QED) is 0.669. The monoisotopic (exact) mass is 391 g/mol. The Hall–Kier alpha value is -2.68. The molecule has 6 nitrogen and oxygen atoms in total. The number of aryl methyl sites for hydroxylation is 1. The van der Waals surface area contributed by atoms with E-state index in [2.05, 4.69) is 25.5 Å². The Labute approximate surface area is 159 Å². The number of hydrogen-bond acceptors (Lipinski definition) is 5. The molecule has 28 heavy (non-hydrogen) atoms. The van der Waals surface area contributed by atoms with E-state index in [9.17, 15) is 13.2 Å². The molecule has 2 N–H and O–H groups in total. The van der Waals surface area contributed by atoms with Crippen molar-refractivity contribution in [1.29, 1.82) is 0 Å². The summed E-state index contributed by atoms with van der Waals surface area (Å²) in [6.07, 6.45) is 1.38. The van der Waals surface area contributed by atoms with E-state index < -0.39 is 30.8 Å². The predicted octanol–water partition coefficient (Wildman–Crippen LogP) is 3.75. The van der Waals surface area contributed by atoms with Crippen molar-refractivity contribution >= 4 is 16.9 Å². The van der Waals surface area contributed by atoms with E-state index in [1.807, 2.05) is 6.92 Å². The molecule has 1 unspecified atom stereocenters. The van der Waals surface area contributed by atoms with Gasteiger partial charge in [0.15, 0.2) is 5.65 Å². The summed E-state index contributed by atoms with van der Waals surface area (Å²) >= 11 is 0. The third-order valence-electron chi connectivity index (χ3n) is 5.02. The number of rotatable bonds is 6. The highest BCUT2D eigenvalue weighted by atomic mass is 19.3. The topological polar surface area (TPSA) is 75.7 Å². The molecule has 1 fully saturated rings. The molecule has 9 heteroatoms. The zero-order chi connectivity index (χ0) is 19.7. The first kappa shape index (κ1) is 18.7. The van der Waals surface area contributed by atoms with Gasteiger partial charge in [-0.2, -0.15) is 13.9 Å². The zero-order valence-electron chi connectivity index (χ0n) is 15.2. The molecule has 0 amide bonds. The molecule has 3 atom stereocenters. The number of aromatic nitrogens is 4. The van der Waals surface area contributed by atoms with Gasteiger partial charge >= 0.3 is 0 Å². The molecule has 1 aliphatic rings. The molecule has 3 aromatic rings. The lowest BCUT2D eigenvalue weighted by atomic mass is 10.1. The van der Waals surface area contributed by atoms with Gasteiger partial charge in [-0.05, 0) is 19.8 Å². The van der Waals surface area contributed by atoms with E-state index >= 15 is 0 Å². The third-order valence-corrected chi connectivity index (χ3v) is 5.02. The molecule has 1 aromatic carbocycles. The Morgan fingerprint density at radius 3 is 2.79 bits per heavy atom. The minimum atomic E-state index is -3.17. The number of anilines is 1. The molecule has 0 spiro atoms. The Balaban J connectivity index is 1.38. The molecule has 1 aliphatic carbocycles. The second-order valence-corrected chi connectivity index (χ2v) is 7.05. The lowest BCUT2D eigenvalue weighted by Crippen LogP contribution is -2.35. The van der Waals surface area contributed by atoms with Gasteiger partial charge in [-0.15, -0.1) is 0 Å². The van der Waals surface area contributed by atoms with Gasteiger partial charge in [0.25, 0.3) is 5.92 Å². The van der Waals surface area contributed by atoms with Crippen LogP contribution in [-0.2, 0) is 10.7 Å².